The molecule has 0 aliphatic carbocycles. The van der Waals surface area contributed by atoms with E-state index in [9.17, 15) is 4.79 Å². The lowest BCUT2D eigenvalue weighted by molar-refractivity contribution is -0.155. The van der Waals surface area contributed by atoms with E-state index in [2.05, 4.69) is 5.92 Å². The number of esters is 1. The van der Waals surface area contributed by atoms with Gasteiger partial charge in [-0.25, -0.2) is 0 Å². The number of rotatable bonds is 3. The van der Waals surface area contributed by atoms with Crippen LogP contribution in [0.15, 0.2) is 0 Å². The number of hydrogen-bond donors (Lipinski definition) is 1. The van der Waals surface area contributed by atoms with E-state index in [1.54, 1.807) is 20.8 Å². The summed E-state index contributed by atoms with van der Waals surface area (Å²) in [5, 5.41) is 9.14. The summed E-state index contributed by atoms with van der Waals surface area (Å²) in [7, 11) is 0. The fourth-order valence-electron chi connectivity index (χ4n) is 0.583. The molecule has 3 heteroatoms. The highest BCUT2D eigenvalue weighted by Crippen LogP contribution is 2.15. The molecule has 0 rings (SSSR count). The summed E-state index contributed by atoms with van der Waals surface area (Å²) in [6, 6.07) is 0. The zero-order valence-corrected chi connectivity index (χ0v) is 8.33. The minimum absolute atomic E-state index is 0.0275. The number of carbonyl (C=O) groups excluding carboxylic acids is 1. The monoisotopic (exact) mass is 184 g/mol. The lowest BCUT2D eigenvalue weighted by Crippen LogP contribution is -2.27. The zero-order valence-electron chi connectivity index (χ0n) is 8.33. The van der Waals surface area contributed by atoms with Crippen LogP contribution in [0.1, 0.15) is 27.2 Å². The third-order valence-corrected chi connectivity index (χ3v) is 1.37. The largest absolute Gasteiger partial charge is 0.462 e. The van der Waals surface area contributed by atoms with Gasteiger partial charge in [0, 0.05) is 6.42 Å². The summed E-state index contributed by atoms with van der Waals surface area (Å²) in [6.07, 6.45) is 4.42. The van der Waals surface area contributed by atoms with Crippen molar-refractivity contribution in [2.24, 2.45) is 5.41 Å². The molecule has 0 aromatic rings. The Morgan fingerprint density at radius 2 is 2.15 bits per heavy atom. The average molecular weight is 184 g/mol. The molecule has 0 aliphatic heterocycles. The Morgan fingerprint density at radius 3 is 2.54 bits per heavy atom. The Kier molecular flexibility index (Phi) is 4.50. The van der Waals surface area contributed by atoms with Crippen molar-refractivity contribution >= 4 is 5.97 Å². The summed E-state index contributed by atoms with van der Waals surface area (Å²) in [4.78, 5) is 11.2. The van der Waals surface area contributed by atoms with Crippen LogP contribution in [-0.4, -0.2) is 23.8 Å². The van der Waals surface area contributed by atoms with Crippen LogP contribution in [0.3, 0.4) is 0 Å². The fraction of sp³-hybridized carbons (Fsp3) is 0.700. The maximum atomic E-state index is 11.2. The predicted octanol–water partition coefficient (Wildman–Crippen LogP) is 0.960. The third kappa shape index (κ3) is 5.26. The van der Waals surface area contributed by atoms with Gasteiger partial charge in [0.25, 0.3) is 0 Å². The van der Waals surface area contributed by atoms with Crippen LogP contribution in [0.2, 0.25) is 0 Å². The molecule has 0 saturated heterocycles. The lowest BCUT2D eigenvalue weighted by atomic mass is 9.97. The predicted molar refractivity (Wildman–Crippen MR) is 49.9 cm³/mol. The van der Waals surface area contributed by atoms with Gasteiger partial charge in [0.05, 0.1) is 11.5 Å². The second kappa shape index (κ2) is 4.88. The second-order valence-corrected chi connectivity index (χ2v) is 3.91. The van der Waals surface area contributed by atoms with Gasteiger partial charge in [0.2, 0.25) is 0 Å². The van der Waals surface area contributed by atoms with Gasteiger partial charge in [0.15, 0.2) is 0 Å². The Hall–Kier alpha value is -1.01. The van der Waals surface area contributed by atoms with Crippen LogP contribution in [0.5, 0.6) is 0 Å². The molecule has 0 bridgehead atoms. The van der Waals surface area contributed by atoms with Gasteiger partial charge in [-0.1, -0.05) is 0 Å². The molecule has 0 amide bonds. The van der Waals surface area contributed by atoms with Gasteiger partial charge in [-0.2, -0.15) is 0 Å². The minimum atomic E-state index is -0.753. The Bertz CT molecular complexity index is 207. The molecule has 0 aromatic heterocycles. The molecule has 0 saturated carbocycles. The van der Waals surface area contributed by atoms with Gasteiger partial charge in [-0.05, 0) is 20.8 Å². The summed E-state index contributed by atoms with van der Waals surface area (Å²) < 4.78 is 4.84. The van der Waals surface area contributed by atoms with Crippen molar-refractivity contribution in [1.29, 1.82) is 0 Å². The number of ether oxygens (including phenoxy) is 1. The molecule has 1 atom stereocenters. The second-order valence-electron chi connectivity index (χ2n) is 3.91. The molecule has 0 unspecified atom stereocenters. The highest BCUT2D eigenvalue weighted by Gasteiger charge is 2.23. The first-order valence-electron chi connectivity index (χ1n) is 4.16. The Morgan fingerprint density at radius 1 is 1.62 bits per heavy atom. The normalized spacial score (nSPS) is 13.2. The summed E-state index contributed by atoms with van der Waals surface area (Å²) in [6.45, 7) is 5.23. The number of aliphatic hydroxyl groups excluding tert-OH is 1. The first-order chi connectivity index (χ1) is 5.88. The van der Waals surface area contributed by atoms with Crippen molar-refractivity contribution in [3.05, 3.63) is 0 Å². The van der Waals surface area contributed by atoms with E-state index in [0.29, 0.717) is 0 Å². The first-order valence-corrected chi connectivity index (χ1v) is 4.16. The van der Waals surface area contributed by atoms with E-state index in [-0.39, 0.29) is 19.0 Å². The number of aliphatic hydroxyl groups is 1. The van der Waals surface area contributed by atoms with Crippen molar-refractivity contribution in [3.8, 4) is 12.3 Å². The van der Waals surface area contributed by atoms with Crippen LogP contribution in [0.4, 0.5) is 0 Å². The SMILES string of the molecule is C#CC[C@@H](O)COC(=O)C(C)(C)C. The molecule has 0 heterocycles. The van der Waals surface area contributed by atoms with Gasteiger partial charge in [-0.15, -0.1) is 12.3 Å². The van der Waals surface area contributed by atoms with Crippen molar-refractivity contribution in [2.75, 3.05) is 6.61 Å². The van der Waals surface area contributed by atoms with E-state index in [0.717, 1.165) is 0 Å². The molecule has 1 N–H and O–H groups in total. The van der Waals surface area contributed by atoms with Crippen LogP contribution < -0.4 is 0 Å². The van der Waals surface area contributed by atoms with Crippen molar-refractivity contribution in [3.63, 3.8) is 0 Å². The number of terminal acetylenes is 1. The van der Waals surface area contributed by atoms with E-state index in [4.69, 9.17) is 16.3 Å². The molecule has 0 fully saturated rings. The van der Waals surface area contributed by atoms with Crippen molar-refractivity contribution in [2.45, 2.75) is 33.3 Å². The third-order valence-electron chi connectivity index (χ3n) is 1.37. The summed E-state index contributed by atoms with van der Waals surface area (Å²) in [5.74, 6) is 1.96. The lowest BCUT2D eigenvalue weighted by Gasteiger charge is -2.17. The Balaban J connectivity index is 3.79. The van der Waals surface area contributed by atoms with Crippen molar-refractivity contribution < 1.29 is 14.6 Å². The van der Waals surface area contributed by atoms with Crippen LogP contribution in [-0.2, 0) is 9.53 Å². The van der Waals surface area contributed by atoms with Gasteiger partial charge in [0.1, 0.15) is 6.61 Å². The Labute approximate surface area is 79.1 Å². The molecule has 13 heavy (non-hydrogen) atoms. The number of carbonyl (C=O) groups is 1. The van der Waals surface area contributed by atoms with Gasteiger partial charge >= 0.3 is 5.97 Å². The van der Waals surface area contributed by atoms with E-state index in [1.165, 1.54) is 0 Å². The molecule has 3 nitrogen and oxygen atoms in total. The van der Waals surface area contributed by atoms with E-state index in [1.807, 2.05) is 0 Å². The molecule has 0 aromatic carbocycles. The van der Waals surface area contributed by atoms with Gasteiger partial charge < -0.3 is 9.84 Å². The standard InChI is InChI=1S/C10H16O3/c1-5-6-8(11)7-13-9(12)10(2,3)4/h1,8,11H,6-7H2,2-4H3/t8-/m1/s1. The molecule has 0 aliphatic rings. The highest BCUT2D eigenvalue weighted by atomic mass is 16.5. The average Bonchev–Trinajstić information content (AvgIpc) is 1.99. The molecular weight excluding hydrogens is 168 g/mol. The molecule has 74 valence electrons. The maximum absolute atomic E-state index is 11.2. The quantitative estimate of drug-likeness (QED) is 0.525. The fourth-order valence-corrected chi connectivity index (χ4v) is 0.583. The topological polar surface area (TPSA) is 46.5 Å². The van der Waals surface area contributed by atoms with Crippen LogP contribution in [0.25, 0.3) is 0 Å². The highest BCUT2D eigenvalue weighted by molar-refractivity contribution is 5.75. The summed E-state index contributed by atoms with van der Waals surface area (Å²) >= 11 is 0. The van der Waals surface area contributed by atoms with E-state index < -0.39 is 11.5 Å². The molecule has 0 radical (unpaired) electrons. The summed E-state index contributed by atoms with van der Waals surface area (Å²) in [5.41, 5.74) is -0.532. The zero-order chi connectivity index (χ0) is 10.5. The van der Waals surface area contributed by atoms with Crippen LogP contribution >= 0.6 is 0 Å². The van der Waals surface area contributed by atoms with E-state index >= 15 is 0 Å². The van der Waals surface area contributed by atoms with Gasteiger partial charge in [-0.3, -0.25) is 4.79 Å². The minimum Gasteiger partial charge on any atom is -0.462 e. The maximum Gasteiger partial charge on any atom is 0.311 e. The molecular formula is C10H16O3. The first kappa shape index (κ1) is 12.0. The van der Waals surface area contributed by atoms with Crippen molar-refractivity contribution in [1.82, 2.24) is 0 Å². The smallest absolute Gasteiger partial charge is 0.311 e. The van der Waals surface area contributed by atoms with Crippen LogP contribution in [0, 0.1) is 17.8 Å². The number of hydrogen-bond acceptors (Lipinski definition) is 3. The molecule has 0 spiro atoms.